The molecule has 0 aromatic rings. The molecule has 0 spiro atoms. The molecule has 0 saturated carbocycles. The normalized spacial score (nSPS) is 12.4. The van der Waals surface area contributed by atoms with Gasteiger partial charge in [-0.2, -0.15) is 0 Å². The van der Waals surface area contributed by atoms with Crippen LogP contribution in [0, 0.1) is 0 Å². The molecule has 0 amide bonds. The molecule has 1 heterocycles. The second kappa shape index (κ2) is 13.2. The van der Waals surface area contributed by atoms with Gasteiger partial charge in [-0.3, -0.25) is 0 Å². The third-order valence-electron chi connectivity index (χ3n) is 0.345. The van der Waals surface area contributed by atoms with E-state index in [1.54, 1.807) is 0 Å². The molecule has 50 valence electrons. The van der Waals surface area contributed by atoms with Gasteiger partial charge in [0.05, 0.1) is 0 Å². The van der Waals surface area contributed by atoms with Crippen LogP contribution in [0.2, 0.25) is 0 Å². The van der Waals surface area contributed by atoms with E-state index < -0.39 is 0 Å². The van der Waals surface area contributed by atoms with E-state index in [2.05, 4.69) is -1.38 Å². The summed E-state index contributed by atoms with van der Waals surface area (Å²) in [5.41, 5.74) is 0. The van der Waals surface area contributed by atoms with Crippen LogP contribution in [0.5, 0.6) is 0 Å². The number of hydrogen-bond acceptors (Lipinski definition) is 0. The zero-order valence-electron chi connectivity index (χ0n) is 3.98. The zero-order valence-corrected chi connectivity index (χ0v) is 23.0. The molecule has 0 unspecified atom stereocenters. The summed E-state index contributed by atoms with van der Waals surface area (Å²) in [5.74, 6) is 0. The van der Waals surface area contributed by atoms with E-state index in [0.29, 0.717) is 62.4 Å². The van der Waals surface area contributed by atoms with Crippen molar-refractivity contribution in [1.29, 1.82) is 0 Å². The fourth-order valence-electron chi connectivity index (χ4n) is 0.159. The summed E-state index contributed by atoms with van der Waals surface area (Å²) in [6.07, 6.45) is 0. The van der Waals surface area contributed by atoms with Gasteiger partial charge in [-0.15, -0.1) is 0 Å². The Morgan fingerprint density at radius 1 is 1.22 bits per heavy atom. The van der Waals surface area contributed by atoms with Crippen molar-refractivity contribution < 1.29 is 61.9 Å². The summed E-state index contributed by atoms with van der Waals surface area (Å²) in [6, 6.07) is 0. The average Bonchev–Trinajstić information content (AvgIpc) is 1.86. The van der Waals surface area contributed by atoms with Crippen LogP contribution in [0.15, 0.2) is 0 Å². The third-order valence-corrected chi connectivity index (χ3v) is 445. The fraction of sp³-hybridized carbons (Fsp3) is 0. The van der Waals surface area contributed by atoms with Crippen molar-refractivity contribution >= 4 is 61.0 Å². The Morgan fingerprint density at radius 3 is 1.89 bits per heavy atom. The first-order valence-electron chi connectivity index (χ1n) is 1.35. The Labute approximate surface area is 119 Å². The zero-order chi connectivity index (χ0) is 4.41. The summed E-state index contributed by atoms with van der Waals surface area (Å²) in [6.45, 7) is 0. The SMILES string of the molecule is [Cl-].[Cl-].[Cl-].[Zr+3][C]1=[Bi][Bi]=[Bi][BiH]1. The second-order valence-electron chi connectivity index (χ2n) is 0.750. The molecule has 0 radical (unpaired) electrons. The Bertz CT molecular complexity index is 112. The molecule has 0 nitrogen and oxygen atoms in total. The fourth-order valence-corrected chi connectivity index (χ4v) is 852. The van der Waals surface area contributed by atoms with Gasteiger partial charge in [0, 0.05) is 0 Å². The summed E-state index contributed by atoms with van der Waals surface area (Å²) in [4.78, 5) is 0. The molecule has 8 heteroatoms. The Morgan fingerprint density at radius 2 is 1.78 bits per heavy atom. The van der Waals surface area contributed by atoms with Crippen LogP contribution in [0.4, 0.5) is 0 Å². The Kier molecular flexibility index (Phi) is 28.8. The van der Waals surface area contributed by atoms with Crippen molar-refractivity contribution in [2.75, 3.05) is 0 Å². The molecule has 0 aromatic heterocycles. The van der Waals surface area contributed by atoms with Crippen molar-refractivity contribution in [2.24, 2.45) is 0 Å². The topological polar surface area (TPSA) is 0 Å². The molecule has 0 aliphatic carbocycles. The molecule has 1 aliphatic heterocycles. The van der Waals surface area contributed by atoms with Gasteiger partial charge in [-0.05, 0) is 0 Å². The molecule has 9 heavy (non-hydrogen) atoms. The quantitative estimate of drug-likeness (QED) is 0.212. The monoisotopic (exact) mass is 1040 g/mol. The Balaban J connectivity index is -0.000000120. The van der Waals surface area contributed by atoms with Gasteiger partial charge in [-0.1, -0.05) is 0 Å². The standard InChI is InChI=1S/C.4Bi.3ClH.Zr.H/h;;;;;3*1H;;/q;;;;;;;;+3;/p-3. The number of hydrogen-bond donors (Lipinski definition) is 0. The minimum atomic E-state index is 0. The van der Waals surface area contributed by atoms with Gasteiger partial charge in [0.25, 0.3) is 0 Å². The number of rotatable bonds is 0. The molecule has 0 bridgehead atoms. The van der Waals surface area contributed by atoms with Crippen LogP contribution in [0.3, 0.4) is 0 Å². The van der Waals surface area contributed by atoms with E-state index >= 15 is 0 Å². The maximum atomic E-state index is 2.33. The van der Waals surface area contributed by atoms with Crippen LogP contribution in [0.1, 0.15) is 0 Å². The van der Waals surface area contributed by atoms with Gasteiger partial charge >= 0.3 is 85.7 Å². The van der Waals surface area contributed by atoms with E-state index in [1.807, 2.05) is 24.7 Å². The summed E-state index contributed by atoms with van der Waals surface area (Å²) in [7, 11) is 0. The maximum absolute atomic E-state index is 2.33. The first kappa shape index (κ1) is 19.7. The predicted octanol–water partition coefficient (Wildman–Crippen LogP) is -11.1. The average molecular weight is 1050 g/mol. The summed E-state index contributed by atoms with van der Waals surface area (Å²) >= 11 is 4.03. The van der Waals surface area contributed by atoms with Crippen LogP contribution in [-0.4, -0.2) is 61.0 Å². The molecule has 0 N–H and O–H groups in total. The molecular formula is CHBi4Cl3Zr. The molecular weight excluding hydrogens is 1050 g/mol. The Hall–Kier alpha value is 5.16. The van der Waals surface area contributed by atoms with E-state index in [1.165, 1.54) is 0 Å². The van der Waals surface area contributed by atoms with Crippen LogP contribution >= 0.6 is 0 Å². The van der Waals surface area contributed by atoms with Crippen LogP contribution in [0.25, 0.3) is 0 Å². The van der Waals surface area contributed by atoms with Crippen molar-refractivity contribution in [1.82, 2.24) is 0 Å². The second-order valence-corrected chi connectivity index (χ2v) is 165. The van der Waals surface area contributed by atoms with E-state index in [9.17, 15) is 0 Å². The third kappa shape index (κ3) is 11.1. The van der Waals surface area contributed by atoms with E-state index in [0.717, 1.165) is 0 Å². The molecule has 1 aliphatic rings. The predicted molar refractivity (Wildman–Crippen MR) is 29.4 cm³/mol. The number of halogens is 3. The molecule has 1 rings (SSSR count). The van der Waals surface area contributed by atoms with Crippen LogP contribution < -0.4 is 37.2 Å². The van der Waals surface area contributed by atoms with Gasteiger partial charge in [0.1, 0.15) is 0 Å². The van der Waals surface area contributed by atoms with Crippen molar-refractivity contribution in [3.05, 3.63) is 0 Å². The van der Waals surface area contributed by atoms with E-state index in [-0.39, 0.29) is 37.2 Å². The minimum absolute atomic E-state index is 0. The van der Waals surface area contributed by atoms with Crippen molar-refractivity contribution in [3.8, 4) is 0 Å². The van der Waals surface area contributed by atoms with Crippen molar-refractivity contribution in [2.45, 2.75) is 0 Å². The summed E-state index contributed by atoms with van der Waals surface area (Å²) in [5, 5.41) is 0. The van der Waals surface area contributed by atoms with Gasteiger partial charge in [0.2, 0.25) is 0 Å². The first-order valence-corrected chi connectivity index (χ1v) is 53.7. The van der Waals surface area contributed by atoms with Gasteiger partial charge in [0.15, 0.2) is 0 Å². The van der Waals surface area contributed by atoms with Crippen molar-refractivity contribution in [3.63, 3.8) is 0 Å². The molecule has 0 fully saturated rings. The van der Waals surface area contributed by atoms with Gasteiger partial charge < -0.3 is 37.2 Å². The molecule has 0 aromatic carbocycles. The summed E-state index contributed by atoms with van der Waals surface area (Å²) < 4.78 is 2.33. The van der Waals surface area contributed by atoms with Crippen LogP contribution in [-0.2, 0) is 24.7 Å². The van der Waals surface area contributed by atoms with E-state index in [4.69, 9.17) is 0 Å². The molecule has 0 saturated heterocycles. The molecule has 0 atom stereocenters. The first-order chi connectivity index (χ1) is 2.89. The van der Waals surface area contributed by atoms with Gasteiger partial charge in [-0.25, -0.2) is 0 Å².